The maximum atomic E-state index is 5.46. The van der Waals surface area contributed by atoms with E-state index in [2.05, 4.69) is 216 Å². The summed E-state index contributed by atoms with van der Waals surface area (Å²) >= 11 is 1.83. The van der Waals surface area contributed by atoms with E-state index in [1.165, 1.54) is 42.9 Å². The third-order valence-electron chi connectivity index (χ3n) is 11.6. The number of hydrogen-bond donors (Lipinski definition) is 0. The Labute approximate surface area is 345 Å². The molecule has 276 valence electrons. The van der Waals surface area contributed by atoms with Crippen molar-refractivity contribution >= 4 is 72.3 Å². The van der Waals surface area contributed by atoms with Crippen molar-refractivity contribution in [2.45, 2.75) is 9.79 Å². The zero-order valence-electron chi connectivity index (χ0n) is 31.8. The second-order valence-corrected chi connectivity index (χ2v) is 16.1. The zero-order valence-corrected chi connectivity index (χ0v) is 32.6. The van der Waals surface area contributed by atoms with E-state index < -0.39 is 0 Å². The van der Waals surface area contributed by atoms with Gasteiger partial charge in [0.2, 0.25) is 5.95 Å². The summed E-state index contributed by atoms with van der Waals surface area (Å²) in [6, 6.07) is 73.9. The predicted molar refractivity (Wildman–Crippen MR) is 246 cm³/mol. The van der Waals surface area contributed by atoms with E-state index in [-0.39, 0.29) is 0 Å². The number of fused-ring (bicyclic) bond motifs is 8. The van der Waals surface area contributed by atoms with Crippen molar-refractivity contribution in [3.8, 4) is 39.5 Å². The summed E-state index contributed by atoms with van der Waals surface area (Å²) in [5, 5.41) is 5.78. The van der Waals surface area contributed by atoms with Gasteiger partial charge in [0, 0.05) is 37.2 Å². The molecule has 9 aromatic carbocycles. The lowest BCUT2D eigenvalue weighted by Crippen LogP contribution is -2.14. The average molecular weight is 771 g/mol. The van der Waals surface area contributed by atoms with Gasteiger partial charge in [0.15, 0.2) is 0 Å². The fourth-order valence-electron chi connectivity index (χ4n) is 8.84. The van der Waals surface area contributed by atoms with Gasteiger partial charge in [-0.05, 0) is 99.8 Å². The quantitative estimate of drug-likeness (QED) is 0.175. The number of aromatic nitrogens is 3. The lowest BCUT2D eigenvalue weighted by atomic mass is 9.99. The first-order valence-electron chi connectivity index (χ1n) is 19.9. The summed E-state index contributed by atoms with van der Waals surface area (Å²) in [6.07, 6.45) is 0. The van der Waals surface area contributed by atoms with Crippen molar-refractivity contribution in [2.75, 3.05) is 4.90 Å². The number of rotatable bonds is 5. The standard InChI is InChI=1S/C54H34N4S/c1-3-14-35(15-4-1)37-17-13-18-40(32-37)53-43-22-9-10-23-45(43)55-54(56-53)58-46-29-27-38(33-44(46)52-42-21-8-7-16-36(42)26-30-48(52)58)39-28-31-51-49(34-39)57(41-19-5-2-6-20-41)47-24-11-12-25-50(47)59-51/h1-34H. The summed E-state index contributed by atoms with van der Waals surface area (Å²) in [5.74, 6) is 0.648. The first-order valence-corrected chi connectivity index (χ1v) is 20.7. The molecule has 0 saturated carbocycles. The predicted octanol–water partition coefficient (Wildman–Crippen LogP) is 14.8. The molecule has 0 amide bonds. The second kappa shape index (κ2) is 13.6. The molecule has 0 aliphatic carbocycles. The molecular weight excluding hydrogens is 737 g/mol. The number of nitrogens with zero attached hydrogens (tertiary/aromatic N) is 4. The maximum Gasteiger partial charge on any atom is 0.235 e. The minimum Gasteiger partial charge on any atom is -0.308 e. The number of para-hydroxylation sites is 3. The van der Waals surface area contributed by atoms with Crippen molar-refractivity contribution in [1.29, 1.82) is 0 Å². The van der Waals surface area contributed by atoms with Crippen molar-refractivity contribution in [1.82, 2.24) is 14.5 Å². The van der Waals surface area contributed by atoms with Crippen LogP contribution in [0.1, 0.15) is 0 Å². The molecule has 59 heavy (non-hydrogen) atoms. The molecule has 1 aliphatic rings. The van der Waals surface area contributed by atoms with E-state index in [9.17, 15) is 0 Å². The van der Waals surface area contributed by atoms with Crippen molar-refractivity contribution in [2.24, 2.45) is 0 Å². The first kappa shape index (κ1) is 33.6. The van der Waals surface area contributed by atoms with Gasteiger partial charge in [-0.1, -0.05) is 151 Å². The number of benzene rings is 9. The van der Waals surface area contributed by atoms with Crippen LogP contribution < -0.4 is 4.90 Å². The van der Waals surface area contributed by atoms with Gasteiger partial charge in [-0.25, -0.2) is 9.97 Å². The van der Waals surface area contributed by atoms with Crippen LogP contribution in [0.5, 0.6) is 0 Å². The monoisotopic (exact) mass is 770 g/mol. The molecule has 1 aliphatic heterocycles. The molecule has 0 fully saturated rings. The Hall–Kier alpha value is -7.47. The van der Waals surface area contributed by atoms with E-state index in [1.807, 2.05) is 11.8 Å². The fourth-order valence-corrected chi connectivity index (χ4v) is 9.87. The number of hydrogen-bond acceptors (Lipinski definition) is 4. The van der Waals surface area contributed by atoms with Crippen molar-refractivity contribution in [3.05, 3.63) is 206 Å². The minimum absolute atomic E-state index is 0.648. The van der Waals surface area contributed by atoms with Gasteiger partial charge >= 0.3 is 0 Å². The third-order valence-corrected chi connectivity index (χ3v) is 12.7. The van der Waals surface area contributed by atoms with E-state index in [0.717, 1.165) is 61.0 Å². The molecule has 2 aromatic heterocycles. The Morgan fingerprint density at radius 2 is 1.05 bits per heavy atom. The van der Waals surface area contributed by atoms with Gasteiger partial charge in [0.25, 0.3) is 0 Å². The van der Waals surface area contributed by atoms with E-state index >= 15 is 0 Å². The summed E-state index contributed by atoms with van der Waals surface area (Å²) in [7, 11) is 0. The molecule has 0 bridgehead atoms. The average Bonchev–Trinajstić information content (AvgIpc) is 3.65. The molecule has 0 atom stereocenters. The van der Waals surface area contributed by atoms with E-state index in [1.54, 1.807) is 0 Å². The van der Waals surface area contributed by atoms with E-state index in [4.69, 9.17) is 9.97 Å². The van der Waals surface area contributed by atoms with Crippen LogP contribution in [0.4, 0.5) is 17.1 Å². The minimum atomic E-state index is 0.648. The smallest absolute Gasteiger partial charge is 0.235 e. The summed E-state index contributed by atoms with van der Waals surface area (Å²) in [6.45, 7) is 0. The molecule has 0 radical (unpaired) electrons. The van der Waals surface area contributed by atoms with Crippen LogP contribution in [0.15, 0.2) is 216 Å². The molecule has 4 nitrogen and oxygen atoms in total. The van der Waals surface area contributed by atoms with Gasteiger partial charge in [-0.3, -0.25) is 4.57 Å². The molecule has 0 N–H and O–H groups in total. The summed E-state index contributed by atoms with van der Waals surface area (Å²) in [4.78, 5) is 15.6. The Kier molecular flexibility index (Phi) is 7.75. The fraction of sp³-hybridized carbons (Fsp3) is 0. The summed E-state index contributed by atoms with van der Waals surface area (Å²) < 4.78 is 2.26. The largest absolute Gasteiger partial charge is 0.308 e. The number of anilines is 3. The Morgan fingerprint density at radius 1 is 0.390 bits per heavy atom. The SMILES string of the molecule is c1ccc(-c2cccc(-c3nc(-n4c5ccc(-c6ccc7c(c6)N(c6ccccc6)c6ccccc6S7)cc5c5c6ccccc6ccc54)nc4ccccc34)c2)cc1. The highest BCUT2D eigenvalue weighted by atomic mass is 32.2. The molecule has 12 rings (SSSR count). The van der Waals surface area contributed by atoms with E-state index in [0.29, 0.717) is 5.95 Å². The highest BCUT2D eigenvalue weighted by Crippen LogP contribution is 2.52. The van der Waals surface area contributed by atoms with Crippen LogP contribution in [-0.2, 0) is 0 Å². The molecule has 0 saturated heterocycles. The Morgan fingerprint density at radius 3 is 1.95 bits per heavy atom. The van der Waals surface area contributed by atoms with Gasteiger partial charge < -0.3 is 4.90 Å². The normalized spacial score (nSPS) is 12.3. The second-order valence-electron chi connectivity index (χ2n) is 15.0. The third kappa shape index (κ3) is 5.54. The first-order chi connectivity index (χ1) is 29.2. The van der Waals surface area contributed by atoms with Crippen LogP contribution in [0.3, 0.4) is 0 Å². The Balaban J connectivity index is 1.07. The molecule has 0 unspecified atom stereocenters. The topological polar surface area (TPSA) is 34.0 Å². The molecule has 3 heterocycles. The van der Waals surface area contributed by atoms with Crippen LogP contribution in [0.25, 0.3) is 82.9 Å². The molecule has 11 aromatic rings. The van der Waals surface area contributed by atoms with Gasteiger partial charge in [0.1, 0.15) is 0 Å². The zero-order chi connectivity index (χ0) is 38.9. The summed E-state index contributed by atoms with van der Waals surface area (Å²) in [5.41, 5.74) is 13.2. The van der Waals surface area contributed by atoms with Gasteiger partial charge in [0.05, 0.1) is 33.6 Å². The van der Waals surface area contributed by atoms with Gasteiger partial charge in [-0.15, -0.1) is 0 Å². The highest BCUT2D eigenvalue weighted by Gasteiger charge is 2.26. The van der Waals surface area contributed by atoms with Gasteiger partial charge in [-0.2, -0.15) is 0 Å². The lowest BCUT2D eigenvalue weighted by molar-refractivity contribution is 1.01. The highest BCUT2D eigenvalue weighted by molar-refractivity contribution is 7.99. The van der Waals surface area contributed by atoms with Crippen LogP contribution in [0.2, 0.25) is 0 Å². The maximum absolute atomic E-state index is 5.46. The molecule has 5 heteroatoms. The molecule has 0 spiro atoms. The molecular formula is C54H34N4S. The Bertz CT molecular complexity index is 3430. The van der Waals surface area contributed by atoms with Crippen molar-refractivity contribution in [3.63, 3.8) is 0 Å². The van der Waals surface area contributed by atoms with Crippen LogP contribution in [0, 0.1) is 0 Å². The van der Waals surface area contributed by atoms with Crippen LogP contribution >= 0.6 is 11.8 Å². The van der Waals surface area contributed by atoms with Crippen molar-refractivity contribution < 1.29 is 0 Å². The van der Waals surface area contributed by atoms with Crippen LogP contribution in [-0.4, -0.2) is 14.5 Å². The lowest BCUT2D eigenvalue weighted by Gasteiger charge is -2.33.